The monoisotopic (exact) mass is 297 g/mol. The van der Waals surface area contributed by atoms with Gasteiger partial charge in [0.2, 0.25) is 0 Å². The lowest BCUT2D eigenvalue weighted by molar-refractivity contribution is 0.404. The van der Waals surface area contributed by atoms with Crippen LogP contribution in [0.1, 0.15) is 51.0 Å². The minimum atomic E-state index is -0.141. The SMILES string of the molecule is CCNC(CCC1CCCC1)Cc1cc(Cl)ccc1F. The molecule has 2 rings (SSSR count). The molecule has 1 atom stereocenters. The van der Waals surface area contributed by atoms with E-state index in [-0.39, 0.29) is 5.82 Å². The van der Waals surface area contributed by atoms with Crippen LogP contribution in [-0.4, -0.2) is 12.6 Å². The van der Waals surface area contributed by atoms with E-state index < -0.39 is 0 Å². The van der Waals surface area contributed by atoms with E-state index in [4.69, 9.17) is 11.6 Å². The van der Waals surface area contributed by atoms with Crippen LogP contribution in [0, 0.1) is 11.7 Å². The minimum absolute atomic E-state index is 0.141. The molecule has 1 saturated carbocycles. The summed E-state index contributed by atoms with van der Waals surface area (Å²) in [5, 5.41) is 4.11. The normalized spacial score (nSPS) is 17.6. The summed E-state index contributed by atoms with van der Waals surface area (Å²) in [4.78, 5) is 0. The zero-order valence-electron chi connectivity index (χ0n) is 12.3. The van der Waals surface area contributed by atoms with E-state index >= 15 is 0 Å². The average molecular weight is 298 g/mol. The van der Waals surface area contributed by atoms with Crippen molar-refractivity contribution in [2.24, 2.45) is 5.92 Å². The molecule has 0 amide bonds. The third-order valence-corrected chi connectivity index (χ3v) is 4.60. The Morgan fingerprint density at radius 2 is 2.10 bits per heavy atom. The van der Waals surface area contributed by atoms with Crippen molar-refractivity contribution >= 4 is 11.6 Å². The van der Waals surface area contributed by atoms with Crippen molar-refractivity contribution in [1.29, 1.82) is 0 Å². The first kappa shape index (κ1) is 15.8. The predicted octanol–water partition coefficient (Wildman–Crippen LogP) is 4.97. The highest BCUT2D eigenvalue weighted by atomic mass is 35.5. The van der Waals surface area contributed by atoms with Gasteiger partial charge in [-0.05, 0) is 55.5 Å². The van der Waals surface area contributed by atoms with E-state index in [9.17, 15) is 4.39 Å². The lowest BCUT2D eigenvalue weighted by Gasteiger charge is -2.20. The summed E-state index contributed by atoms with van der Waals surface area (Å²) in [7, 11) is 0. The van der Waals surface area contributed by atoms with Gasteiger partial charge in [-0.2, -0.15) is 0 Å². The number of rotatable bonds is 7. The molecule has 0 spiro atoms. The van der Waals surface area contributed by atoms with Crippen LogP contribution in [-0.2, 0) is 6.42 Å². The summed E-state index contributed by atoms with van der Waals surface area (Å²) in [6.07, 6.45) is 8.66. The van der Waals surface area contributed by atoms with Crippen LogP contribution in [0.2, 0.25) is 5.02 Å². The van der Waals surface area contributed by atoms with Gasteiger partial charge in [0.05, 0.1) is 0 Å². The van der Waals surface area contributed by atoms with E-state index in [0.717, 1.165) is 30.9 Å². The molecule has 0 saturated heterocycles. The Kier molecular flexibility index (Phi) is 6.31. The maximum Gasteiger partial charge on any atom is 0.126 e. The van der Waals surface area contributed by atoms with Crippen molar-refractivity contribution in [1.82, 2.24) is 5.32 Å². The smallest absolute Gasteiger partial charge is 0.126 e. The zero-order valence-corrected chi connectivity index (χ0v) is 13.1. The minimum Gasteiger partial charge on any atom is -0.314 e. The summed E-state index contributed by atoms with van der Waals surface area (Å²) in [6, 6.07) is 5.20. The molecule has 112 valence electrons. The highest BCUT2D eigenvalue weighted by Crippen LogP contribution is 2.29. The van der Waals surface area contributed by atoms with Gasteiger partial charge in [0.25, 0.3) is 0 Å². The van der Waals surface area contributed by atoms with Crippen LogP contribution in [0.4, 0.5) is 4.39 Å². The Morgan fingerprint density at radius 1 is 1.35 bits per heavy atom. The molecule has 1 aliphatic carbocycles. The second-order valence-electron chi connectivity index (χ2n) is 5.92. The first-order valence-corrected chi connectivity index (χ1v) is 8.24. The van der Waals surface area contributed by atoms with Gasteiger partial charge in [-0.15, -0.1) is 0 Å². The van der Waals surface area contributed by atoms with Gasteiger partial charge in [0.1, 0.15) is 5.82 Å². The van der Waals surface area contributed by atoms with E-state index in [1.165, 1.54) is 38.2 Å². The molecule has 3 heteroatoms. The molecule has 0 heterocycles. The summed E-state index contributed by atoms with van der Waals surface area (Å²) in [5.41, 5.74) is 0.731. The summed E-state index contributed by atoms with van der Waals surface area (Å²) >= 11 is 5.97. The molecule has 20 heavy (non-hydrogen) atoms. The van der Waals surface area contributed by atoms with Gasteiger partial charge in [-0.25, -0.2) is 4.39 Å². The molecule has 0 bridgehead atoms. The molecule has 1 aromatic carbocycles. The van der Waals surface area contributed by atoms with Crippen molar-refractivity contribution in [2.45, 2.75) is 57.9 Å². The Morgan fingerprint density at radius 3 is 2.80 bits per heavy atom. The van der Waals surface area contributed by atoms with Gasteiger partial charge >= 0.3 is 0 Å². The maximum absolute atomic E-state index is 13.8. The summed E-state index contributed by atoms with van der Waals surface area (Å²) < 4.78 is 13.8. The molecule has 1 N–H and O–H groups in total. The van der Waals surface area contributed by atoms with Gasteiger partial charge < -0.3 is 5.32 Å². The van der Waals surface area contributed by atoms with Crippen molar-refractivity contribution in [2.75, 3.05) is 6.54 Å². The summed E-state index contributed by atoms with van der Waals surface area (Å²) in [5.74, 6) is 0.749. The fourth-order valence-electron chi connectivity index (χ4n) is 3.27. The van der Waals surface area contributed by atoms with Crippen molar-refractivity contribution in [3.05, 3.63) is 34.6 Å². The lowest BCUT2D eigenvalue weighted by Crippen LogP contribution is -2.31. The molecule has 1 aromatic rings. The van der Waals surface area contributed by atoms with E-state index in [2.05, 4.69) is 12.2 Å². The van der Waals surface area contributed by atoms with Gasteiger partial charge in [0, 0.05) is 11.1 Å². The Bertz CT molecular complexity index is 415. The molecular formula is C17H25ClFN. The fraction of sp³-hybridized carbons (Fsp3) is 0.647. The number of nitrogens with one attached hydrogen (secondary N) is 1. The van der Waals surface area contributed by atoms with Crippen LogP contribution in [0.15, 0.2) is 18.2 Å². The third kappa shape index (κ3) is 4.75. The largest absolute Gasteiger partial charge is 0.314 e. The molecule has 0 aliphatic heterocycles. The quantitative estimate of drug-likeness (QED) is 0.749. The van der Waals surface area contributed by atoms with Crippen molar-refractivity contribution in [3.8, 4) is 0 Å². The molecule has 1 nitrogen and oxygen atoms in total. The van der Waals surface area contributed by atoms with Gasteiger partial charge in [0.15, 0.2) is 0 Å². The first-order valence-electron chi connectivity index (χ1n) is 7.86. The van der Waals surface area contributed by atoms with Crippen LogP contribution in [0.5, 0.6) is 0 Å². The van der Waals surface area contributed by atoms with E-state index in [0.29, 0.717) is 11.1 Å². The maximum atomic E-state index is 13.8. The third-order valence-electron chi connectivity index (χ3n) is 4.36. The Hall–Kier alpha value is -0.600. The van der Waals surface area contributed by atoms with Gasteiger partial charge in [-0.3, -0.25) is 0 Å². The average Bonchev–Trinajstić information content (AvgIpc) is 2.93. The van der Waals surface area contributed by atoms with Crippen molar-refractivity contribution in [3.63, 3.8) is 0 Å². The lowest BCUT2D eigenvalue weighted by atomic mass is 9.95. The Labute approximate surface area is 126 Å². The summed E-state index contributed by atoms with van der Waals surface area (Å²) in [6.45, 7) is 3.04. The van der Waals surface area contributed by atoms with Crippen LogP contribution in [0.3, 0.4) is 0 Å². The number of halogens is 2. The van der Waals surface area contributed by atoms with Crippen LogP contribution < -0.4 is 5.32 Å². The van der Waals surface area contributed by atoms with Crippen LogP contribution >= 0.6 is 11.6 Å². The molecule has 0 aromatic heterocycles. The van der Waals surface area contributed by atoms with E-state index in [1.54, 1.807) is 12.1 Å². The number of hydrogen-bond acceptors (Lipinski definition) is 1. The fourth-order valence-corrected chi connectivity index (χ4v) is 3.46. The zero-order chi connectivity index (χ0) is 14.4. The molecule has 0 radical (unpaired) electrons. The molecule has 1 unspecified atom stereocenters. The second kappa shape index (κ2) is 7.99. The Balaban J connectivity index is 1.91. The molecule has 1 fully saturated rings. The second-order valence-corrected chi connectivity index (χ2v) is 6.36. The molecular weight excluding hydrogens is 273 g/mol. The highest BCUT2D eigenvalue weighted by molar-refractivity contribution is 6.30. The van der Waals surface area contributed by atoms with Crippen molar-refractivity contribution < 1.29 is 4.39 Å². The highest BCUT2D eigenvalue weighted by Gasteiger charge is 2.18. The van der Waals surface area contributed by atoms with E-state index in [1.807, 2.05) is 0 Å². The topological polar surface area (TPSA) is 12.0 Å². The van der Waals surface area contributed by atoms with Crippen LogP contribution in [0.25, 0.3) is 0 Å². The number of hydrogen-bond donors (Lipinski definition) is 1. The molecule has 1 aliphatic rings. The number of likely N-dealkylation sites (N-methyl/N-ethyl adjacent to an activating group) is 1. The predicted molar refractivity (Wildman–Crippen MR) is 83.8 cm³/mol. The van der Waals surface area contributed by atoms with Gasteiger partial charge in [-0.1, -0.05) is 44.2 Å². The standard InChI is InChI=1S/C17H25ClFN/c1-2-20-16(9-7-13-5-3-4-6-13)12-14-11-15(18)8-10-17(14)19/h8,10-11,13,16,20H,2-7,9,12H2,1H3. The first-order chi connectivity index (χ1) is 9.69. The number of benzene rings is 1.